The maximum absolute atomic E-state index is 5.86. The van der Waals surface area contributed by atoms with Crippen LogP contribution in [0.3, 0.4) is 0 Å². The lowest BCUT2D eigenvalue weighted by atomic mass is 9.71. The van der Waals surface area contributed by atoms with Crippen LogP contribution in [0, 0.1) is 17.8 Å². The molecular formula is C11H21N5. The van der Waals surface area contributed by atoms with Crippen molar-refractivity contribution in [3.8, 4) is 0 Å². The Kier molecular flexibility index (Phi) is 3.53. The van der Waals surface area contributed by atoms with Crippen molar-refractivity contribution in [3.63, 3.8) is 0 Å². The molecule has 4 atom stereocenters. The van der Waals surface area contributed by atoms with Gasteiger partial charge in [0.1, 0.15) is 0 Å². The van der Waals surface area contributed by atoms with Crippen LogP contribution in [0.4, 0.5) is 0 Å². The fraction of sp³-hybridized carbons (Fsp3) is 0.909. The Morgan fingerprint density at radius 1 is 1.31 bits per heavy atom. The van der Waals surface area contributed by atoms with E-state index in [0.717, 1.165) is 17.7 Å². The lowest BCUT2D eigenvalue weighted by molar-refractivity contribution is 0.190. The maximum Gasteiger partial charge on any atom is 0.179 e. The SMILES string of the molecule is C[C@@H]1CC(C(CN)c2nn[nH]n2)C[C@H](C)C1. The van der Waals surface area contributed by atoms with Crippen LogP contribution in [-0.4, -0.2) is 27.2 Å². The molecule has 5 heteroatoms. The molecular weight excluding hydrogens is 202 g/mol. The zero-order valence-electron chi connectivity index (χ0n) is 10.1. The molecule has 2 rings (SSSR count). The highest BCUT2D eigenvalue weighted by Gasteiger charge is 2.32. The Hall–Kier alpha value is -0.970. The maximum atomic E-state index is 5.86. The van der Waals surface area contributed by atoms with E-state index < -0.39 is 0 Å². The average molecular weight is 223 g/mol. The molecule has 2 unspecified atom stereocenters. The van der Waals surface area contributed by atoms with E-state index in [1.165, 1.54) is 19.3 Å². The summed E-state index contributed by atoms with van der Waals surface area (Å²) in [7, 11) is 0. The summed E-state index contributed by atoms with van der Waals surface area (Å²) in [6.45, 7) is 5.27. The van der Waals surface area contributed by atoms with Crippen molar-refractivity contribution in [2.45, 2.75) is 39.0 Å². The Morgan fingerprint density at radius 2 is 2.00 bits per heavy atom. The van der Waals surface area contributed by atoms with Gasteiger partial charge in [-0.2, -0.15) is 5.21 Å². The Labute approximate surface area is 96.2 Å². The van der Waals surface area contributed by atoms with E-state index >= 15 is 0 Å². The van der Waals surface area contributed by atoms with Crippen molar-refractivity contribution in [1.29, 1.82) is 0 Å². The number of nitrogens with zero attached hydrogens (tertiary/aromatic N) is 3. The van der Waals surface area contributed by atoms with Gasteiger partial charge in [0.2, 0.25) is 0 Å². The summed E-state index contributed by atoms with van der Waals surface area (Å²) >= 11 is 0. The molecule has 0 aromatic carbocycles. The summed E-state index contributed by atoms with van der Waals surface area (Å²) < 4.78 is 0. The van der Waals surface area contributed by atoms with Gasteiger partial charge >= 0.3 is 0 Å². The monoisotopic (exact) mass is 223 g/mol. The minimum absolute atomic E-state index is 0.268. The normalized spacial score (nSPS) is 32.6. The van der Waals surface area contributed by atoms with Gasteiger partial charge in [-0.15, -0.1) is 10.2 Å². The van der Waals surface area contributed by atoms with Crippen LogP contribution in [0.1, 0.15) is 44.9 Å². The first kappa shape index (κ1) is 11.5. The van der Waals surface area contributed by atoms with E-state index in [4.69, 9.17) is 5.73 Å². The Morgan fingerprint density at radius 3 is 2.50 bits per heavy atom. The van der Waals surface area contributed by atoms with Crippen LogP contribution in [0.25, 0.3) is 0 Å². The second-order valence-electron chi connectivity index (χ2n) is 5.29. The molecule has 0 aliphatic heterocycles. The highest BCUT2D eigenvalue weighted by Crippen LogP contribution is 2.39. The van der Waals surface area contributed by atoms with E-state index in [9.17, 15) is 0 Å². The molecule has 1 aliphatic rings. The van der Waals surface area contributed by atoms with Crippen LogP contribution in [0.2, 0.25) is 0 Å². The lowest BCUT2D eigenvalue weighted by Gasteiger charge is -2.34. The lowest BCUT2D eigenvalue weighted by Crippen LogP contribution is -2.29. The molecule has 0 bridgehead atoms. The average Bonchev–Trinajstić information content (AvgIpc) is 2.70. The molecule has 1 aliphatic carbocycles. The van der Waals surface area contributed by atoms with E-state index in [1.807, 2.05) is 0 Å². The van der Waals surface area contributed by atoms with Crippen molar-refractivity contribution >= 4 is 0 Å². The van der Waals surface area contributed by atoms with Crippen molar-refractivity contribution in [2.24, 2.45) is 23.5 Å². The molecule has 90 valence electrons. The summed E-state index contributed by atoms with van der Waals surface area (Å²) in [4.78, 5) is 0. The van der Waals surface area contributed by atoms with Crippen molar-refractivity contribution in [3.05, 3.63) is 5.82 Å². The highest BCUT2D eigenvalue weighted by atomic mass is 15.5. The summed E-state index contributed by atoms with van der Waals surface area (Å²) in [6, 6.07) is 0. The molecule has 0 amide bonds. The second kappa shape index (κ2) is 4.91. The van der Waals surface area contributed by atoms with Gasteiger partial charge in [0.15, 0.2) is 5.82 Å². The standard InChI is InChI=1S/C11H21N5/c1-7-3-8(2)5-9(4-7)10(6-12)11-13-15-16-14-11/h7-10H,3-6,12H2,1-2H3,(H,13,14,15,16)/t7-,8+,9?,10?. The van der Waals surface area contributed by atoms with Gasteiger partial charge in [0, 0.05) is 12.5 Å². The Balaban J connectivity index is 2.09. The number of hydrogen-bond acceptors (Lipinski definition) is 4. The van der Waals surface area contributed by atoms with E-state index in [0.29, 0.717) is 12.5 Å². The third-order valence-electron chi connectivity index (χ3n) is 3.73. The molecule has 16 heavy (non-hydrogen) atoms. The number of aromatic nitrogens is 4. The summed E-state index contributed by atoms with van der Waals surface area (Å²) in [5.74, 6) is 3.24. The molecule has 1 saturated carbocycles. The molecule has 3 N–H and O–H groups in total. The zero-order valence-corrected chi connectivity index (χ0v) is 10.1. The molecule has 1 fully saturated rings. The number of tetrazole rings is 1. The number of nitrogens with two attached hydrogens (primary N) is 1. The van der Waals surface area contributed by atoms with Gasteiger partial charge in [-0.25, -0.2) is 0 Å². The number of aromatic amines is 1. The molecule has 1 aromatic rings. The first-order valence-electron chi connectivity index (χ1n) is 6.14. The summed E-state index contributed by atoms with van der Waals surface area (Å²) in [5.41, 5.74) is 5.86. The van der Waals surface area contributed by atoms with E-state index in [-0.39, 0.29) is 5.92 Å². The third kappa shape index (κ3) is 2.40. The number of rotatable bonds is 3. The molecule has 1 heterocycles. The summed E-state index contributed by atoms with van der Waals surface area (Å²) in [6.07, 6.45) is 3.81. The first-order valence-corrected chi connectivity index (χ1v) is 6.14. The Bertz CT molecular complexity index is 300. The molecule has 0 radical (unpaired) electrons. The number of H-pyrrole nitrogens is 1. The van der Waals surface area contributed by atoms with Crippen LogP contribution < -0.4 is 5.73 Å². The largest absolute Gasteiger partial charge is 0.330 e. The van der Waals surface area contributed by atoms with Crippen molar-refractivity contribution in [1.82, 2.24) is 20.6 Å². The van der Waals surface area contributed by atoms with Gasteiger partial charge in [0.05, 0.1) is 0 Å². The topological polar surface area (TPSA) is 80.5 Å². The molecule has 0 spiro atoms. The van der Waals surface area contributed by atoms with E-state index in [1.54, 1.807) is 0 Å². The van der Waals surface area contributed by atoms with Gasteiger partial charge in [-0.1, -0.05) is 19.1 Å². The van der Waals surface area contributed by atoms with Crippen LogP contribution in [0.15, 0.2) is 0 Å². The van der Waals surface area contributed by atoms with Crippen molar-refractivity contribution < 1.29 is 0 Å². The molecule has 1 aromatic heterocycles. The minimum Gasteiger partial charge on any atom is -0.330 e. The minimum atomic E-state index is 0.268. The van der Waals surface area contributed by atoms with E-state index in [2.05, 4.69) is 34.5 Å². The molecule has 0 saturated heterocycles. The highest BCUT2D eigenvalue weighted by molar-refractivity contribution is 4.97. The third-order valence-corrected chi connectivity index (χ3v) is 3.73. The van der Waals surface area contributed by atoms with Crippen molar-refractivity contribution in [2.75, 3.05) is 6.54 Å². The second-order valence-corrected chi connectivity index (χ2v) is 5.29. The van der Waals surface area contributed by atoms with Crippen LogP contribution in [0.5, 0.6) is 0 Å². The predicted molar refractivity (Wildman–Crippen MR) is 61.6 cm³/mol. The predicted octanol–water partition coefficient (Wildman–Crippen LogP) is 1.31. The van der Waals surface area contributed by atoms with Crippen LogP contribution >= 0.6 is 0 Å². The van der Waals surface area contributed by atoms with Gasteiger partial charge in [-0.05, 0) is 37.0 Å². The molecule has 5 nitrogen and oxygen atoms in total. The first-order chi connectivity index (χ1) is 7.70. The number of nitrogens with one attached hydrogen (secondary N) is 1. The fourth-order valence-electron chi connectivity index (χ4n) is 3.17. The fourth-order valence-corrected chi connectivity index (χ4v) is 3.17. The smallest absolute Gasteiger partial charge is 0.179 e. The van der Waals surface area contributed by atoms with Gasteiger partial charge < -0.3 is 5.73 Å². The number of hydrogen-bond donors (Lipinski definition) is 2. The quantitative estimate of drug-likeness (QED) is 0.809. The van der Waals surface area contributed by atoms with Crippen LogP contribution in [-0.2, 0) is 0 Å². The van der Waals surface area contributed by atoms with Gasteiger partial charge in [0.25, 0.3) is 0 Å². The summed E-state index contributed by atoms with van der Waals surface area (Å²) in [5, 5.41) is 14.3. The van der Waals surface area contributed by atoms with Gasteiger partial charge in [-0.3, -0.25) is 0 Å². The zero-order chi connectivity index (χ0) is 11.5.